The Labute approximate surface area is 106 Å². The molecule has 4 heteroatoms. The fraction of sp³-hybridized carbons (Fsp3) is 0.308. The van der Waals surface area contributed by atoms with Crippen LogP contribution in [0.5, 0.6) is 5.88 Å². The Morgan fingerprint density at radius 1 is 1.24 bits per heavy atom. The molecule has 0 aliphatic rings. The van der Waals surface area contributed by atoms with E-state index in [1.165, 1.54) is 0 Å². The molecule has 1 atom stereocenters. The summed E-state index contributed by atoms with van der Waals surface area (Å²) < 4.78 is 5.58. The Bertz CT molecular complexity index is 486. The lowest BCUT2D eigenvalue weighted by Gasteiger charge is -2.12. The van der Waals surface area contributed by atoms with Crippen LogP contribution in [0.4, 0.5) is 0 Å². The Morgan fingerprint density at radius 3 is 2.82 bits per heavy atom. The second-order valence-electron chi connectivity index (χ2n) is 3.91. The van der Waals surface area contributed by atoms with Crippen molar-refractivity contribution in [2.24, 2.45) is 11.7 Å². The molecular weight excluding hydrogens is 236 g/mol. The monoisotopic (exact) mass is 250 g/mol. The number of ether oxygens (including phenoxy) is 1. The maximum absolute atomic E-state index is 5.75. The van der Waals surface area contributed by atoms with E-state index in [1.54, 1.807) is 0 Å². The van der Waals surface area contributed by atoms with Crippen LogP contribution in [0, 0.1) is 5.92 Å². The molecule has 0 radical (unpaired) electrons. The Kier molecular flexibility index (Phi) is 4.18. The van der Waals surface area contributed by atoms with E-state index in [4.69, 9.17) is 22.1 Å². The second-order valence-corrected chi connectivity index (χ2v) is 4.22. The van der Waals surface area contributed by atoms with E-state index in [1.807, 2.05) is 36.4 Å². The fourth-order valence-electron chi connectivity index (χ4n) is 1.51. The Morgan fingerprint density at radius 2 is 2.06 bits per heavy atom. The quantitative estimate of drug-likeness (QED) is 0.830. The molecule has 0 fully saturated rings. The molecule has 0 spiro atoms. The van der Waals surface area contributed by atoms with Crippen LogP contribution in [-0.4, -0.2) is 24.0 Å². The van der Waals surface area contributed by atoms with Crippen molar-refractivity contribution >= 4 is 22.5 Å². The largest absolute Gasteiger partial charge is 0.477 e. The maximum Gasteiger partial charge on any atom is 0.213 e. The third-order valence-corrected chi connectivity index (χ3v) is 3.03. The molecule has 3 nitrogen and oxygen atoms in total. The zero-order valence-corrected chi connectivity index (χ0v) is 10.2. The van der Waals surface area contributed by atoms with E-state index in [2.05, 4.69) is 4.98 Å². The van der Waals surface area contributed by atoms with Gasteiger partial charge in [0.2, 0.25) is 5.88 Å². The van der Waals surface area contributed by atoms with Crippen LogP contribution in [0.2, 0.25) is 0 Å². The number of nitrogens with two attached hydrogens (primary N) is 1. The van der Waals surface area contributed by atoms with Crippen LogP contribution in [0.1, 0.15) is 0 Å². The Hall–Kier alpha value is -1.32. The van der Waals surface area contributed by atoms with Gasteiger partial charge in [-0.1, -0.05) is 18.2 Å². The third kappa shape index (κ3) is 3.08. The SMILES string of the molecule is NCC(CCl)COc1ccc2ccccc2n1. The highest BCUT2D eigenvalue weighted by Crippen LogP contribution is 2.16. The van der Waals surface area contributed by atoms with Crippen molar-refractivity contribution in [1.29, 1.82) is 0 Å². The summed E-state index contributed by atoms with van der Waals surface area (Å²) in [6.45, 7) is 1.03. The lowest BCUT2D eigenvalue weighted by atomic mass is 10.2. The lowest BCUT2D eigenvalue weighted by molar-refractivity contribution is 0.257. The molecule has 0 saturated carbocycles. The molecule has 1 aromatic carbocycles. The van der Waals surface area contributed by atoms with Crippen LogP contribution in [-0.2, 0) is 0 Å². The molecule has 2 N–H and O–H groups in total. The van der Waals surface area contributed by atoms with E-state index in [9.17, 15) is 0 Å². The molecule has 17 heavy (non-hydrogen) atoms. The minimum absolute atomic E-state index is 0.171. The zero-order chi connectivity index (χ0) is 12.1. The topological polar surface area (TPSA) is 48.1 Å². The van der Waals surface area contributed by atoms with Gasteiger partial charge in [-0.05, 0) is 18.7 Å². The van der Waals surface area contributed by atoms with Gasteiger partial charge in [-0.2, -0.15) is 0 Å². The molecule has 2 aromatic rings. The van der Waals surface area contributed by atoms with Crippen LogP contribution >= 0.6 is 11.6 Å². The summed E-state index contributed by atoms with van der Waals surface area (Å²) in [4.78, 5) is 4.41. The average molecular weight is 251 g/mol. The number of hydrogen-bond donors (Lipinski definition) is 1. The summed E-state index contributed by atoms with van der Waals surface area (Å²) in [5.74, 6) is 1.29. The zero-order valence-electron chi connectivity index (χ0n) is 9.47. The van der Waals surface area contributed by atoms with Gasteiger partial charge >= 0.3 is 0 Å². The molecule has 0 saturated heterocycles. The molecule has 2 rings (SSSR count). The van der Waals surface area contributed by atoms with Gasteiger partial charge in [0.1, 0.15) is 0 Å². The van der Waals surface area contributed by atoms with E-state index in [-0.39, 0.29) is 5.92 Å². The molecule has 90 valence electrons. The summed E-state index contributed by atoms with van der Waals surface area (Å²) in [5.41, 5.74) is 6.48. The predicted octanol–water partition coefficient (Wildman–Crippen LogP) is 2.43. The van der Waals surface area contributed by atoms with Crippen molar-refractivity contribution in [3.8, 4) is 5.88 Å². The van der Waals surface area contributed by atoms with E-state index in [0.29, 0.717) is 24.9 Å². The van der Waals surface area contributed by atoms with Gasteiger partial charge < -0.3 is 10.5 Å². The van der Waals surface area contributed by atoms with Crippen LogP contribution in [0.15, 0.2) is 36.4 Å². The molecule has 1 heterocycles. The average Bonchev–Trinajstić information content (AvgIpc) is 2.40. The summed E-state index contributed by atoms with van der Waals surface area (Å²) in [6, 6.07) is 11.8. The molecule has 0 aliphatic carbocycles. The number of alkyl halides is 1. The standard InChI is InChI=1S/C13H15ClN2O/c14-7-10(8-15)9-17-13-6-5-11-3-1-2-4-12(11)16-13/h1-6,10H,7-9,15H2. The van der Waals surface area contributed by atoms with Gasteiger partial charge in [0.25, 0.3) is 0 Å². The van der Waals surface area contributed by atoms with E-state index in [0.717, 1.165) is 10.9 Å². The number of fused-ring (bicyclic) bond motifs is 1. The maximum atomic E-state index is 5.75. The highest BCUT2D eigenvalue weighted by atomic mass is 35.5. The van der Waals surface area contributed by atoms with Crippen molar-refractivity contribution in [3.63, 3.8) is 0 Å². The Balaban J connectivity index is 2.09. The number of nitrogens with zero attached hydrogens (tertiary/aromatic N) is 1. The minimum atomic E-state index is 0.171. The molecule has 0 amide bonds. The van der Waals surface area contributed by atoms with Crippen LogP contribution in [0.3, 0.4) is 0 Å². The number of halogens is 1. The first-order chi connectivity index (χ1) is 8.33. The minimum Gasteiger partial charge on any atom is -0.477 e. The number of aromatic nitrogens is 1. The molecule has 0 bridgehead atoms. The van der Waals surface area contributed by atoms with Gasteiger partial charge in [0, 0.05) is 23.3 Å². The summed E-state index contributed by atoms with van der Waals surface area (Å²) >= 11 is 5.75. The number of hydrogen-bond acceptors (Lipinski definition) is 3. The van der Waals surface area contributed by atoms with Crippen molar-refractivity contribution in [1.82, 2.24) is 4.98 Å². The lowest BCUT2D eigenvalue weighted by Crippen LogP contribution is -2.23. The summed E-state index contributed by atoms with van der Waals surface area (Å²) in [6.07, 6.45) is 0. The third-order valence-electron chi connectivity index (χ3n) is 2.59. The first kappa shape index (κ1) is 12.1. The fourth-order valence-corrected chi connectivity index (χ4v) is 1.72. The van der Waals surface area contributed by atoms with Gasteiger partial charge in [0.15, 0.2) is 0 Å². The van der Waals surface area contributed by atoms with E-state index >= 15 is 0 Å². The van der Waals surface area contributed by atoms with Crippen LogP contribution in [0.25, 0.3) is 10.9 Å². The molecule has 1 aromatic heterocycles. The normalized spacial score (nSPS) is 12.6. The van der Waals surface area contributed by atoms with Crippen molar-refractivity contribution < 1.29 is 4.74 Å². The van der Waals surface area contributed by atoms with Crippen LogP contribution < -0.4 is 10.5 Å². The molecule has 0 aliphatic heterocycles. The second kappa shape index (κ2) is 5.84. The number of para-hydroxylation sites is 1. The van der Waals surface area contributed by atoms with Crippen molar-refractivity contribution in [3.05, 3.63) is 36.4 Å². The van der Waals surface area contributed by atoms with Gasteiger partial charge in [-0.15, -0.1) is 11.6 Å². The highest BCUT2D eigenvalue weighted by Gasteiger charge is 2.06. The van der Waals surface area contributed by atoms with Gasteiger partial charge in [-0.3, -0.25) is 0 Å². The molecule has 1 unspecified atom stereocenters. The number of rotatable bonds is 5. The van der Waals surface area contributed by atoms with Gasteiger partial charge in [0.05, 0.1) is 12.1 Å². The highest BCUT2D eigenvalue weighted by molar-refractivity contribution is 6.18. The first-order valence-electron chi connectivity index (χ1n) is 5.58. The van der Waals surface area contributed by atoms with Crippen molar-refractivity contribution in [2.75, 3.05) is 19.0 Å². The van der Waals surface area contributed by atoms with Gasteiger partial charge in [-0.25, -0.2) is 4.98 Å². The first-order valence-corrected chi connectivity index (χ1v) is 6.11. The number of benzene rings is 1. The van der Waals surface area contributed by atoms with Crippen molar-refractivity contribution in [2.45, 2.75) is 0 Å². The smallest absolute Gasteiger partial charge is 0.213 e. The number of pyridine rings is 1. The van der Waals surface area contributed by atoms with E-state index < -0.39 is 0 Å². The predicted molar refractivity (Wildman–Crippen MR) is 70.5 cm³/mol. The summed E-state index contributed by atoms with van der Waals surface area (Å²) in [5, 5.41) is 1.10. The summed E-state index contributed by atoms with van der Waals surface area (Å²) in [7, 11) is 0. The molecular formula is C13H15ClN2O.